The first-order chi connectivity index (χ1) is 28.8. The minimum Gasteiger partial charge on any atom is -0.310 e. The Morgan fingerprint density at radius 2 is 0.845 bits per heavy atom. The number of para-hydroxylation sites is 1. The van der Waals surface area contributed by atoms with Crippen LogP contribution in [0.1, 0.15) is 22.3 Å². The molecule has 0 saturated heterocycles. The van der Waals surface area contributed by atoms with Crippen molar-refractivity contribution in [1.82, 2.24) is 0 Å². The molecule has 1 aliphatic rings. The van der Waals surface area contributed by atoms with E-state index in [0.29, 0.717) is 0 Å². The van der Waals surface area contributed by atoms with Crippen molar-refractivity contribution in [2.45, 2.75) is 5.41 Å². The normalized spacial score (nSPS) is 12.6. The summed E-state index contributed by atoms with van der Waals surface area (Å²) < 4.78 is 0. The van der Waals surface area contributed by atoms with Crippen molar-refractivity contribution in [3.05, 3.63) is 259 Å². The first-order valence-corrected chi connectivity index (χ1v) is 20.1. The first kappa shape index (κ1) is 33.8. The van der Waals surface area contributed by atoms with Crippen LogP contribution in [0.25, 0.3) is 54.9 Å². The zero-order valence-electron chi connectivity index (χ0n) is 32.0. The van der Waals surface area contributed by atoms with Gasteiger partial charge < -0.3 is 4.90 Å². The summed E-state index contributed by atoms with van der Waals surface area (Å²) in [6.07, 6.45) is 0. The fraction of sp³-hybridized carbons (Fsp3) is 0.0175. The lowest BCUT2D eigenvalue weighted by atomic mass is 9.68. The van der Waals surface area contributed by atoms with Crippen molar-refractivity contribution in [3.63, 3.8) is 0 Å². The van der Waals surface area contributed by atoms with Gasteiger partial charge in [0.05, 0.1) is 11.1 Å². The second kappa shape index (κ2) is 13.9. The van der Waals surface area contributed by atoms with Gasteiger partial charge in [-0.05, 0) is 108 Å². The van der Waals surface area contributed by atoms with E-state index in [9.17, 15) is 0 Å². The van der Waals surface area contributed by atoms with Gasteiger partial charge >= 0.3 is 0 Å². The Kier molecular flexibility index (Phi) is 8.12. The highest BCUT2D eigenvalue weighted by Gasteiger charge is 2.46. The van der Waals surface area contributed by atoms with Gasteiger partial charge in [0.15, 0.2) is 0 Å². The Balaban J connectivity index is 1.12. The predicted octanol–water partition coefficient (Wildman–Crippen LogP) is 15.2. The van der Waals surface area contributed by atoms with Gasteiger partial charge in [0.1, 0.15) is 0 Å². The van der Waals surface area contributed by atoms with E-state index in [2.05, 4.69) is 241 Å². The van der Waals surface area contributed by atoms with Crippen LogP contribution >= 0.6 is 0 Å². The number of hydrogen-bond donors (Lipinski definition) is 0. The molecular formula is C57H39N. The summed E-state index contributed by atoms with van der Waals surface area (Å²) in [5.74, 6) is 0. The lowest BCUT2D eigenvalue weighted by Crippen LogP contribution is -2.28. The van der Waals surface area contributed by atoms with E-state index in [0.717, 1.165) is 17.1 Å². The summed E-state index contributed by atoms with van der Waals surface area (Å²) in [5, 5.41) is 4.93. The molecule has 0 atom stereocenters. The SMILES string of the molecule is c1ccc(-c2ccccc2N(c2ccc3c(c2)-c2ccccc2C3(c2ccccc2)c2ccccc2)c2ccc3cc(-c4cccc5ccccc45)ccc3c2)cc1. The van der Waals surface area contributed by atoms with E-state index < -0.39 is 5.41 Å². The molecular weight excluding hydrogens is 699 g/mol. The van der Waals surface area contributed by atoms with Gasteiger partial charge in [-0.25, -0.2) is 0 Å². The quantitative estimate of drug-likeness (QED) is 0.157. The Morgan fingerprint density at radius 1 is 0.293 bits per heavy atom. The maximum Gasteiger partial charge on any atom is 0.0713 e. The van der Waals surface area contributed by atoms with Crippen LogP contribution in [0.4, 0.5) is 17.1 Å². The molecule has 0 aliphatic heterocycles. The molecule has 10 aromatic carbocycles. The molecule has 58 heavy (non-hydrogen) atoms. The highest BCUT2D eigenvalue weighted by Crippen LogP contribution is 2.57. The van der Waals surface area contributed by atoms with Gasteiger partial charge in [0.2, 0.25) is 0 Å². The summed E-state index contributed by atoms with van der Waals surface area (Å²) in [6.45, 7) is 0. The fourth-order valence-corrected chi connectivity index (χ4v) is 9.55. The summed E-state index contributed by atoms with van der Waals surface area (Å²) in [6, 6.07) is 86.8. The van der Waals surface area contributed by atoms with Crippen molar-refractivity contribution >= 4 is 38.6 Å². The molecule has 0 heterocycles. The molecule has 0 bridgehead atoms. The standard InChI is InChI=1S/C57H39N/c1-4-17-41(18-5-1)51-26-13-15-30-56(51)58(47-34-33-42-37-44(32-31-43(42)38-47)50-28-16-20-40-19-10-11-25-49(40)50)48-35-36-55-53(39-48)52-27-12-14-29-54(52)57(55,45-21-6-2-7-22-45)46-23-8-3-9-24-46/h1-39H. The summed E-state index contributed by atoms with van der Waals surface area (Å²) in [7, 11) is 0. The third-order valence-electron chi connectivity index (χ3n) is 12.1. The largest absolute Gasteiger partial charge is 0.310 e. The van der Waals surface area contributed by atoms with E-state index in [1.807, 2.05) is 0 Å². The van der Waals surface area contributed by atoms with E-state index >= 15 is 0 Å². The number of nitrogens with zero attached hydrogens (tertiary/aromatic N) is 1. The van der Waals surface area contributed by atoms with Crippen LogP contribution < -0.4 is 4.90 Å². The van der Waals surface area contributed by atoms with Crippen molar-refractivity contribution in [1.29, 1.82) is 0 Å². The molecule has 1 aliphatic carbocycles. The molecule has 272 valence electrons. The average Bonchev–Trinajstić information content (AvgIpc) is 3.60. The molecule has 0 amide bonds. The highest BCUT2D eigenvalue weighted by atomic mass is 15.1. The monoisotopic (exact) mass is 737 g/mol. The van der Waals surface area contributed by atoms with Gasteiger partial charge in [0, 0.05) is 16.9 Å². The van der Waals surface area contributed by atoms with Gasteiger partial charge in [-0.2, -0.15) is 0 Å². The molecule has 0 radical (unpaired) electrons. The van der Waals surface area contributed by atoms with Crippen LogP contribution in [0.2, 0.25) is 0 Å². The molecule has 0 saturated carbocycles. The Labute approximate surface area is 339 Å². The summed E-state index contributed by atoms with van der Waals surface area (Å²) in [4.78, 5) is 2.45. The minimum absolute atomic E-state index is 0.454. The van der Waals surface area contributed by atoms with Crippen LogP contribution in [-0.4, -0.2) is 0 Å². The zero-order valence-corrected chi connectivity index (χ0v) is 32.0. The third kappa shape index (κ3) is 5.39. The van der Waals surface area contributed by atoms with E-state index in [4.69, 9.17) is 0 Å². The van der Waals surface area contributed by atoms with Gasteiger partial charge in [-0.15, -0.1) is 0 Å². The van der Waals surface area contributed by atoms with Crippen LogP contribution in [0.3, 0.4) is 0 Å². The molecule has 0 spiro atoms. The second-order valence-corrected chi connectivity index (χ2v) is 15.2. The molecule has 10 aromatic rings. The number of benzene rings is 10. The fourth-order valence-electron chi connectivity index (χ4n) is 9.55. The topological polar surface area (TPSA) is 3.24 Å². The van der Waals surface area contributed by atoms with Crippen molar-refractivity contribution < 1.29 is 0 Å². The third-order valence-corrected chi connectivity index (χ3v) is 12.1. The lowest BCUT2D eigenvalue weighted by molar-refractivity contribution is 0.768. The van der Waals surface area contributed by atoms with Gasteiger partial charge in [-0.1, -0.05) is 200 Å². The summed E-state index contributed by atoms with van der Waals surface area (Å²) >= 11 is 0. The number of hydrogen-bond acceptors (Lipinski definition) is 1. The molecule has 0 fully saturated rings. The van der Waals surface area contributed by atoms with E-state index in [1.54, 1.807) is 0 Å². The maximum atomic E-state index is 2.45. The molecule has 11 rings (SSSR count). The van der Waals surface area contributed by atoms with Crippen molar-refractivity contribution in [2.24, 2.45) is 0 Å². The van der Waals surface area contributed by atoms with Crippen LogP contribution in [0.5, 0.6) is 0 Å². The maximum absolute atomic E-state index is 2.45. The van der Waals surface area contributed by atoms with Crippen molar-refractivity contribution in [2.75, 3.05) is 4.90 Å². The molecule has 0 N–H and O–H groups in total. The van der Waals surface area contributed by atoms with Crippen LogP contribution in [0, 0.1) is 0 Å². The van der Waals surface area contributed by atoms with Crippen molar-refractivity contribution in [3.8, 4) is 33.4 Å². The average molecular weight is 738 g/mol. The van der Waals surface area contributed by atoms with E-state index in [1.165, 1.54) is 77.2 Å². The minimum atomic E-state index is -0.454. The van der Waals surface area contributed by atoms with Gasteiger partial charge in [-0.3, -0.25) is 0 Å². The summed E-state index contributed by atoms with van der Waals surface area (Å²) in [5.41, 5.74) is 15.4. The number of fused-ring (bicyclic) bond motifs is 5. The Bertz CT molecular complexity index is 3070. The zero-order chi connectivity index (χ0) is 38.5. The highest BCUT2D eigenvalue weighted by molar-refractivity contribution is 6.00. The number of rotatable bonds is 7. The Morgan fingerprint density at radius 3 is 1.64 bits per heavy atom. The van der Waals surface area contributed by atoms with Gasteiger partial charge in [0.25, 0.3) is 0 Å². The second-order valence-electron chi connectivity index (χ2n) is 15.2. The van der Waals surface area contributed by atoms with E-state index in [-0.39, 0.29) is 0 Å². The van der Waals surface area contributed by atoms with Crippen LogP contribution in [-0.2, 0) is 5.41 Å². The Hall–Kier alpha value is -7.48. The first-order valence-electron chi connectivity index (χ1n) is 20.1. The molecule has 0 unspecified atom stereocenters. The predicted molar refractivity (Wildman–Crippen MR) is 244 cm³/mol. The van der Waals surface area contributed by atoms with Crippen LogP contribution in [0.15, 0.2) is 237 Å². The molecule has 1 heteroatoms. The molecule has 1 nitrogen and oxygen atoms in total. The lowest BCUT2D eigenvalue weighted by Gasteiger charge is -2.34. The molecule has 0 aromatic heterocycles. The number of anilines is 3. The smallest absolute Gasteiger partial charge is 0.0713 e.